The van der Waals surface area contributed by atoms with Crippen LogP contribution in [0.25, 0.3) is 11.3 Å². The summed E-state index contributed by atoms with van der Waals surface area (Å²) in [6, 6.07) is 9.14. The first-order chi connectivity index (χ1) is 9.41. The molecule has 4 nitrogen and oxygen atoms in total. The number of furan rings is 1. The normalized spacial score (nSPS) is 10.9. The molecule has 1 aromatic heterocycles. The van der Waals surface area contributed by atoms with Gasteiger partial charge in [-0.1, -0.05) is 0 Å². The van der Waals surface area contributed by atoms with Crippen LogP contribution >= 0.6 is 12.4 Å². The molecule has 0 atom stereocenters. The molecule has 0 bridgehead atoms. The Kier molecular flexibility index (Phi) is 5.52. The number of benzene rings is 1. The van der Waals surface area contributed by atoms with Gasteiger partial charge in [0.05, 0.1) is 0 Å². The van der Waals surface area contributed by atoms with Crippen molar-refractivity contribution in [1.82, 2.24) is 5.32 Å². The highest BCUT2D eigenvalue weighted by Gasteiger charge is 2.21. The van der Waals surface area contributed by atoms with Gasteiger partial charge in [-0.15, -0.1) is 12.4 Å². The first-order valence-corrected chi connectivity index (χ1v) is 6.30. The lowest BCUT2D eigenvalue weighted by Gasteiger charge is -2.23. The number of nitrogens with two attached hydrogens (primary N) is 1. The van der Waals surface area contributed by atoms with Gasteiger partial charge in [-0.25, -0.2) is 4.39 Å². The van der Waals surface area contributed by atoms with Crippen LogP contribution in [0, 0.1) is 5.82 Å². The first kappa shape index (κ1) is 17.2. The van der Waals surface area contributed by atoms with Gasteiger partial charge in [0, 0.05) is 17.6 Å². The van der Waals surface area contributed by atoms with E-state index < -0.39 is 5.54 Å². The number of hydrogen-bond donors (Lipinski definition) is 2. The fourth-order valence-corrected chi connectivity index (χ4v) is 1.65. The van der Waals surface area contributed by atoms with Crippen molar-refractivity contribution in [3.05, 3.63) is 48.0 Å². The van der Waals surface area contributed by atoms with E-state index in [0.717, 1.165) is 0 Å². The minimum Gasteiger partial charge on any atom is -0.451 e. The quantitative estimate of drug-likeness (QED) is 0.912. The molecule has 0 saturated carbocycles. The zero-order valence-corrected chi connectivity index (χ0v) is 12.7. The van der Waals surface area contributed by atoms with Crippen molar-refractivity contribution in [3.63, 3.8) is 0 Å². The van der Waals surface area contributed by atoms with Crippen LogP contribution in [-0.2, 0) is 0 Å². The first-order valence-electron chi connectivity index (χ1n) is 6.30. The van der Waals surface area contributed by atoms with Gasteiger partial charge in [0.1, 0.15) is 11.6 Å². The molecule has 1 heterocycles. The molecular weight excluding hydrogens is 295 g/mol. The molecule has 6 heteroatoms. The van der Waals surface area contributed by atoms with Crippen molar-refractivity contribution in [2.75, 3.05) is 6.54 Å². The molecule has 114 valence electrons. The Hall–Kier alpha value is -1.85. The Morgan fingerprint density at radius 3 is 2.43 bits per heavy atom. The monoisotopic (exact) mass is 312 g/mol. The van der Waals surface area contributed by atoms with Gasteiger partial charge in [0.15, 0.2) is 5.76 Å². The van der Waals surface area contributed by atoms with E-state index in [2.05, 4.69) is 5.32 Å². The van der Waals surface area contributed by atoms with Crippen LogP contribution in [0.2, 0.25) is 0 Å². The predicted molar refractivity (Wildman–Crippen MR) is 81.9 cm³/mol. The van der Waals surface area contributed by atoms with Crippen LogP contribution in [0.5, 0.6) is 0 Å². The van der Waals surface area contributed by atoms with Gasteiger partial charge >= 0.3 is 0 Å². The lowest BCUT2D eigenvalue weighted by molar-refractivity contribution is 0.0888. The van der Waals surface area contributed by atoms with Crippen molar-refractivity contribution in [1.29, 1.82) is 0 Å². The van der Waals surface area contributed by atoms with Gasteiger partial charge in [0.2, 0.25) is 0 Å². The molecule has 0 fully saturated rings. The number of amides is 1. The van der Waals surface area contributed by atoms with Crippen LogP contribution in [0.4, 0.5) is 4.39 Å². The fraction of sp³-hybridized carbons (Fsp3) is 0.267. The average Bonchev–Trinajstić information content (AvgIpc) is 2.89. The Morgan fingerprint density at radius 1 is 1.24 bits per heavy atom. The number of carbonyl (C=O) groups is 1. The zero-order chi connectivity index (χ0) is 14.8. The van der Waals surface area contributed by atoms with Crippen molar-refractivity contribution >= 4 is 18.3 Å². The largest absolute Gasteiger partial charge is 0.451 e. The van der Waals surface area contributed by atoms with Crippen LogP contribution in [0.1, 0.15) is 24.4 Å². The minimum atomic E-state index is -0.500. The fourth-order valence-electron chi connectivity index (χ4n) is 1.65. The molecule has 1 aromatic carbocycles. The van der Waals surface area contributed by atoms with Gasteiger partial charge in [-0.2, -0.15) is 0 Å². The highest BCUT2D eigenvalue weighted by Crippen LogP contribution is 2.22. The summed E-state index contributed by atoms with van der Waals surface area (Å²) in [4.78, 5) is 12.0. The second-order valence-corrected chi connectivity index (χ2v) is 5.21. The number of halogens is 2. The molecule has 0 unspecified atom stereocenters. The van der Waals surface area contributed by atoms with Crippen LogP contribution in [0.3, 0.4) is 0 Å². The maximum atomic E-state index is 12.9. The predicted octanol–water partition coefficient (Wildman–Crippen LogP) is 2.97. The van der Waals surface area contributed by atoms with Crippen molar-refractivity contribution < 1.29 is 13.6 Å². The summed E-state index contributed by atoms with van der Waals surface area (Å²) in [5.41, 5.74) is 5.77. The summed E-state index contributed by atoms with van der Waals surface area (Å²) < 4.78 is 18.3. The van der Waals surface area contributed by atoms with Crippen molar-refractivity contribution in [3.8, 4) is 11.3 Å². The van der Waals surface area contributed by atoms with Crippen molar-refractivity contribution in [2.24, 2.45) is 5.73 Å². The van der Waals surface area contributed by atoms with E-state index in [1.165, 1.54) is 12.1 Å². The molecule has 2 rings (SSSR count). The highest BCUT2D eigenvalue weighted by molar-refractivity contribution is 5.92. The minimum absolute atomic E-state index is 0. The van der Waals surface area contributed by atoms with Crippen LogP contribution < -0.4 is 11.1 Å². The molecule has 0 saturated heterocycles. The Bertz CT molecular complexity index is 608. The smallest absolute Gasteiger partial charge is 0.287 e. The summed E-state index contributed by atoms with van der Waals surface area (Å²) in [6.45, 7) is 3.98. The van der Waals surface area contributed by atoms with E-state index in [1.54, 1.807) is 24.3 Å². The standard InChI is InChI=1S/C15H17FN2O2.ClH/c1-15(2,9-17)18-14(19)13-8-7-12(20-13)10-3-5-11(16)6-4-10;/h3-8H,9,17H2,1-2H3,(H,18,19);1H. The van der Waals surface area contributed by atoms with E-state index in [9.17, 15) is 9.18 Å². The maximum Gasteiger partial charge on any atom is 0.287 e. The number of carbonyl (C=O) groups excluding carboxylic acids is 1. The third-order valence-electron chi connectivity index (χ3n) is 2.92. The summed E-state index contributed by atoms with van der Waals surface area (Å²) in [5, 5.41) is 2.78. The van der Waals surface area contributed by atoms with E-state index in [4.69, 9.17) is 10.2 Å². The van der Waals surface area contributed by atoms with E-state index in [1.807, 2.05) is 13.8 Å². The second kappa shape index (κ2) is 6.74. The Labute approximate surface area is 128 Å². The molecular formula is C15H18ClFN2O2. The van der Waals surface area contributed by atoms with Crippen LogP contribution in [0.15, 0.2) is 40.8 Å². The molecule has 0 aliphatic carbocycles. The summed E-state index contributed by atoms with van der Waals surface area (Å²) in [5.74, 6) is 0.0725. The summed E-state index contributed by atoms with van der Waals surface area (Å²) >= 11 is 0. The lowest BCUT2D eigenvalue weighted by Crippen LogP contribution is -2.48. The molecule has 0 aliphatic rings. The molecule has 0 radical (unpaired) electrons. The summed E-state index contributed by atoms with van der Waals surface area (Å²) in [7, 11) is 0. The number of nitrogens with one attached hydrogen (secondary N) is 1. The second-order valence-electron chi connectivity index (χ2n) is 5.21. The molecule has 0 aliphatic heterocycles. The van der Waals surface area contributed by atoms with E-state index in [-0.39, 0.29) is 29.9 Å². The lowest BCUT2D eigenvalue weighted by atomic mass is 10.1. The van der Waals surface area contributed by atoms with Crippen LogP contribution in [-0.4, -0.2) is 18.0 Å². The summed E-state index contributed by atoms with van der Waals surface area (Å²) in [6.07, 6.45) is 0. The van der Waals surface area contributed by atoms with Gasteiger partial charge in [0.25, 0.3) is 5.91 Å². The molecule has 0 spiro atoms. The molecule has 1 amide bonds. The number of rotatable bonds is 4. The average molecular weight is 313 g/mol. The SMILES string of the molecule is CC(C)(CN)NC(=O)c1ccc(-c2ccc(F)cc2)o1.Cl. The molecule has 21 heavy (non-hydrogen) atoms. The maximum absolute atomic E-state index is 12.9. The number of hydrogen-bond acceptors (Lipinski definition) is 3. The Balaban J connectivity index is 0.00000220. The van der Waals surface area contributed by atoms with Gasteiger partial charge in [-0.05, 0) is 50.2 Å². The Morgan fingerprint density at radius 2 is 1.86 bits per heavy atom. The van der Waals surface area contributed by atoms with E-state index >= 15 is 0 Å². The van der Waals surface area contributed by atoms with Gasteiger partial charge in [-0.3, -0.25) is 4.79 Å². The van der Waals surface area contributed by atoms with Crippen molar-refractivity contribution in [2.45, 2.75) is 19.4 Å². The third-order valence-corrected chi connectivity index (χ3v) is 2.92. The molecule has 3 N–H and O–H groups in total. The third kappa shape index (κ3) is 4.31. The van der Waals surface area contributed by atoms with E-state index in [0.29, 0.717) is 17.9 Å². The van der Waals surface area contributed by atoms with Gasteiger partial charge < -0.3 is 15.5 Å². The molecule has 2 aromatic rings. The zero-order valence-electron chi connectivity index (χ0n) is 11.9. The highest BCUT2D eigenvalue weighted by atomic mass is 35.5. The topological polar surface area (TPSA) is 68.3 Å².